The highest BCUT2D eigenvalue weighted by Gasteiger charge is 2.08. The van der Waals surface area contributed by atoms with Crippen LogP contribution >= 0.6 is 15.9 Å². The predicted octanol–water partition coefficient (Wildman–Crippen LogP) is 2.33. The number of nitrogens with one attached hydrogen (secondary N) is 1. The maximum atomic E-state index is 11.8. The zero-order valence-corrected chi connectivity index (χ0v) is 12.2. The van der Waals surface area contributed by atoms with Crippen LogP contribution in [0.1, 0.15) is 15.9 Å². The summed E-state index contributed by atoms with van der Waals surface area (Å²) in [5, 5.41) is 31.9. The van der Waals surface area contributed by atoms with Gasteiger partial charge in [-0.15, -0.1) is 0 Å². The van der Waals surface area contributed by atoms with Gasteiger partial charge in [-0.2, -0.15) is 5.10 Å². The zero-order valence-electron chi connectivity index (χ0n) is 10.6. The maximum absolute atomic E-state index is 11.8. The summed E-state index contributed by atoms with van der Waals surface area (Å²) in [4.78, 5) is 11.8. The quantitative estimate of drug-likeness (QED) is 0.503. The first-order valence-electron chi connectivity index (χ1n) is 5.81. The summed E-state index contributed by atoms with van der Waals surface area (Å²) in [5.74, 6) is -1.42. The first-order valence-corrected chi connectivity index (χ1v) is 6.60. The molecule has 0 heterocycles. The molecule has 7 heteroatoms. The van der Waals surface area contributed by atoms with Gasteiger partial charge in [0.05, 0.1) is 11.8 Å². The van der Waals surface area contributed by atoms with Crippen molar-refractivity contribution >= 4 is 28.1 Å². The molecule has 2 rings (SSSR count). The van der Waals surface area contributed by atoms with Crippen LogP contribution in [0.15, 0.2) is 46.0 Å². The van der Waals surface area contributed by atoms with E-state index in [1.165, 1.54) is 0 Å². The van der Waals surface area contributed by atoms with Gasteiger partial charge in [-0.05, 0) is 18.2 Å². The number of hydrogen-bond donors (Lipinski definition) is 4. The van der Waals surface area contributed by atoms with Gasteiger partial charge in [0.15, 0.2) is 0 Å². The highest BCUT2D eigenvalue weighted by Crippen LogP contribution is 2.30. The molecule has 0 bridgehead atoms. The van der Waals surface area contributed by atoms with E-state index in [4.69, 9.17) is 5.11 Å². The number of phenolic OH excluding ortho intramolecular Hbond substituents is 3. The third-order valence-corrected chi connectivity index (χ3v) is 3.06. The smallest absolute Gasteiger partial charge is 0.271 e. The highest BCUT2D eigenvalue weighted by molar-refractivity contribution is 9.10. The van der Waals surface area contributed by atoms with Crippen molar-refractivity contribution in [3.63, 3.8) is 0 Å². The molecule has 2 aromatic rings. The van der Waals surface area contributed by atoms with Gasteiger partial charge in [0.25, 0.3) is 5.91 Å². The van der Waals surface area contributed by atoms with Gasteiger partial charge in [0.1, 0.15) is 17.2 Å². The summed E-state index contributed by atoms with van der Waals surface area (Å²) in [6, 6.07) is 8.84. The Balaban J connectivity index is 2.11. The van der Waals surface area contributed by atoms with Crippen LogP contribution in [0.4, 0.5) is 0 Å². The fourth-order valence-corrected chi connectivity index (χ4v) is 1.99. The van der Waals surface area contributed by atoms with Gasteiger partial charge in [0, 0.05) is 22.2 Å². The summed E-state index contributed by atoms with van der Waals surface area (Å²) in [6.45, 7) is 0. The second kappa shape index (κ2) is 6.27. The molecule has 0 aliphatic rings. The van der Waals surface area contributed by atoms with E-state index in [2.05, 4.69) is 26.5 Å². The average molecular weight is 351 g/mol. The predicted molar refractivity (Wildman–Crippen MR) is 80.6 cm³/mol. The topological polar surface area (TPSA) is 102 Å². The molecule has 6 nitrogen and oxygen atoms in total. The second-order valence-electron chi connectivity index (χ2n) is 4.11. The summed E-state index contributed by atoms with van der Waals surface area (Å²) >= 11 is 3.25. The van der Waals surface area contributed by atoms with E-state index in [0.29, 0.717) is 5.56 Å². The summed E-state index contributed by atoms with van der Waals surface area (Å²) in [5.41, 5.74) is 2.66. The molecule has 0 fully saturated rings. The van der Waals surface area contributed by atoms with Crippen molar-refractivity contribution < 1.29 is 20.1 Å². The van der Waals surface area contributed by atoms with Gasteiger partial charge in [-0.3, -0.25) is 4.79 Å². The van der Waals surface area contributed by atoms with Crippen molar-refractivity contribution in [2.75, 3.05) is 0 Å². The standard InChI is InChI=1S/C14H11BrN2O4/c15-9-3-1-2-8(4-9)14(21)17-16-7-11-12(19)5-10(18)6-13(11)20/h1-7,18-20H,(H,17,21)/b16-7+. The molecular formula is C14H11BrN2O4. The molecular weight excluding hydrogens is 340 g/mol. The lowest BCUT2D eigenvalue weighted by atomic mass is 10.2. The van der Waals surface area contributed by atoms with E-state index in [1.54, 1.807) is 24.3 Å². The Morgan fingerprint density at radius 3 is 2.43 bits per heavy atom. The second-order valence-corrected chi connectivity index (χ2v) is 5.02. The number of hydrogen-bond acceptors (Lipinski definition) is 5. The number of carbonyl (C=O) groups excluding carboxylic acids is 1. The number of nitrogens with zero attached hydrogens (tertiary/aromatic N) is 1. The first kappa shape index (κ1) is 14.9. The van der Waals surface area contributed by atoms with Crippen LogP contribution in [0.25, 0.3) is 0 Å². The van der Waals surface area contributed by atoms with Crippen LogP contribution in [0, 0.1) is 0 Å². The van der Waals surface area contributed by atoms with Crippen molar-refractivity contribution in [3.8, 4) is 17.2 Å². The van der Waals surface area contributed by atoms with E-state index in [0.717, 1.165) is 22.8 Å². The molecule has 2 aromatic carbocycles. The molecule has 0 aromatic heterocycles. The number of aromatic hydroxyl groups is 3. The number of carbonyl (C=O) groups is 1. The fourth-order valence-electron chi connectivity index (χ4n) is 1.59. The molecule has 0 saturated carbocycles. The average Bonchev–Trinajstić information content (AvgIpc) is 2.41. The van der Waals surface area contributed by atoms with Crippen LogP contribution in [0.5, 0.6) is 17.2 Å². The van der Waals surface area contributed by atoms with Gasteiger partial charge in [0.2, 0.25) is 0 Å². The molecule has 0 unspecified atom stereocenters. The Morgan fingerprint density at radius 1 is 1.14 bits per heavy atom. The third-order valence-electron chi connectivity index (χ3n) is 2.57. The summed E-state index contributed by atoms with van der Waals surface area (Å²) in [7, 11) is 0. The van der Waals surface area contributed by atoms with Crippen LogP contribution in [-0.2, 0) is 0 Å². The monoisotopic (exact) mass is 350 g/mol. The molecule has 0 atom stereocenters. The number of hydrazone groups is 1. The molecule has 1 amide bonds. The Bertz CT molecular complexity index is 693. The van der Waals surface area contributed by atoms with Crippen molar-refractivity contribution in [2.24, 2.45) is 5.10 Å². The minimum atomic E-state index is -0.440. The molecule has 0 aliphatic carbocycles. The van der Waals surface area contributed by atoms with Crippen molar-refractivity contribution in [3.05, 3.63) is 52.0 Å². The van der Waals surface area contributed by atoms with Crippen molar-refractivity contribution in [2.45, 2.75) is 0 Å². The number of halogens is 1. The minimum absolute atomic E-state index is 0.0117. The zero-order chi connectivity index (χ0) is 15.4. The van der Waals surface area contributed by atoms with Crippen LogP contribution in [0.2, 0.25) is 0 Å². The van der Waals surface area contributed by atoms with Gasteiger partial charge in [-0.25, -0.2) is 5.43 Å². The van der Waals surface area contributed by atoms with E-state index >= 15 is 0 Å². The summed E-state index contributed by atoms with van der Waals surface area (Å²) in [6.07, 6.45) is 1.08. The van der Waals surface area contributed by atoms with E-state index < -0.39 is 5.91 Å². The number of benzene rings is 2. The SMILES string of the molecule is O=C(N/N=C/c1c(O)cc(O)cc1O)c1cccc(Br)c1. The molecule has 0 saturated heterocycles. The Labute approximate surface area is 128 Å². The molecule has 21 heavy (non-hydrogen) atoms. The van der Waals surface area contributed by atoms with Crippen molar-refractivity contribution in [1.29, 1.82) is 0 Å². The van der Waals surface area contributed by atoms with Gasteiger partial charge in [-0.1, -0.05) is 22.0 Å². The lowest BCUT2D eigenvalue weighted by Crippen LogP contribution is -2.17. The lowest BCUT2D eigenvalue weighted by molar-refractivity contribution is 0.0955. The Hall–Kier alpha value is -2.54. The number of amides is 1. The van der Waals surface area contributed by atoms with Crippen molar-refractivity contribution in [1.82, 2.24) is 5.43 Å². The van der Waals surface area contributed by atoms with Crippen LogP contribution in [0.3, 0.4) is 0 Å². The number of rotatable bonds is 3. The number of phenols is 3. The lowest BCUT2D eigenvalue weighted by Gasteiger charge is -2.03. The highest BCUT2D eigenvalue weighted by atomic mass is 79.9. The molecule has 0 aliphatic heterocycles. The molecule has 108 valence electrons. The maximum Gasteiger partial charge on any atom is 0.271 e. The van der Waals surface area contributed by atoms with Gasteiger partial charge >= 0.3 is 0 Å². The Morgan fingerprint density at radius 2 is 1.81 bits per heavy atom. The normalized spacial score (nSPS) is 10.7. The minimum Gasteiger partial charge on any atom is -0.508 e. The van der Waals surface area contributed by atoms with Crippen LogP contribution < -0.4 is 5.43 Å². The molecule has 0 spiro atoms. The van der Waals surface area contributed by atoms with E-state index in [-0.39, 0.29) is 22.8 Å². The molecule has 0 radical (unpaired) electrons. The third kappa shape index (κ3) is 3.73. The first-order chi connectivity index (χ1) is 9.97. The Kier molecular flexibility index (Phi) is 4.44. The van der Waals surface area contributed by atoms with Gasteiger partial charge < -0.3 is 15.3 Å². The summed E-state index contributed by atoms with van der Waals surface area (Å²) < 4.78 is 0.757. The van der Waals surface area contributed by atoms with E-state index in [1.807, 2.05) is 0 Å². The fraction of sp³-hybridized carbons (Fsp3) is 0. The molecule has 4 N–H and O–H groups in total. The van der Waals surface area contributed by atoms with Crippen LogP contribution in [-0.4, -0.2) is 27.4 Å². The van der Waals surface area contributed by atoms with E-state index in [9.17, 15) is 15.0 Å². The largest absolute Gasteiger partial charge is 0.508 e.